The molecule has 0 aromatic heterocycles. The van der Waals surface area contributed by atoms with Crippen molar-refractivity contribution in [2.45, 2.75) is 51.4 Å². The summed E-state index contributed by atoms with van der Waals surface area (Å²) in [5.74, 6) is 0. The van der Waals surface area contributed by atoms with Crippen LogP contribution in [0.5, 0.6) is 0 Å². The quantitative estimate of drug-likeness (QED) is 0.286. The van der Waals surface area contributed by atoms with Crippen LogP contribution in [-0.2, 0) is 51.4 Å². The molecule has 32 heavy (non-hydrogen) atoms. The summed E-state index contributed by atoms with van der Waals surface area (Å²) in [6.07, 6.45) is 8.85. The molecule has 1 aliphatic rings. The summed E-state index contributed by atoms with van der Waals surface area (Å²) in [7, 11) is 0. The monoisotopic (exact) mass is 416 g/mol. The molecule has 4 aromatic rings. The normalized spacial score (nSPS) is 14.5. The van der Waals surface area contributed by atoms with Crippen molar-refractivity contribution >= 4 is 0 Å². The number of hydrogen-bond acceptors (Lipinski definition) is 0. The zero-order chi connectivity index (χ0) is 21.6. The van der Waals surface area contributed by atoms with Gasteiger partial charge < -0.3 is 0 Å². The molecule has 0 nitrogen and oxygen atoms in total. The van der Waals surface area contributed by atoms with E-state index in [0.29, 0.717) is 0 Å². The van der Waals surface area contributed by atoms with E-state index < -0.39 is 0 Å². The van der Waals surface area contributed by atoms with Gasteiger partial charge in [0.15, 0.2) is 0 Å². The molecule has 4 aromatic carbocycles. The predicted molar refractivity (Wildman–Crippen MR) is 135 cm³/mol. The Morgan fingerprint density at radius 2 is 0.406 bits per heavy atom. The van der Waals surface area contributed by atoms with E-state index in [1.54, 1.807) is 0 Å². The summed E-state index contributed by atoms with van der Waals surface area (Å²) in [6.45, 7) is 0. The molecule has 0 unspecified atom stereocenters. The van der Waals surface area contributed by atoms with Crippen LogP contribution >= 0.6 is 0 Å². The average molecular weight is 417 g/mol. The molecule has 0 atom stereocenters. The fraction of sp³-hybridized carbons (Fsp3) is 0.250. The number of benzene rings is 4. The number of fused-ring (bicyclic) bond motifs is 8. The lowest BCUT2D eigenvalue weighted by atomic mass is 9.95. The van der Waals surface area contributed by atoms with Crippen molar-refractivity contribution in [3.8, 4) is 0 Å². The van der Waals surface area contributed by atoms with Crippen molar-refractivity contribution in [2.24, 2.45) is 0 Å². The van der Waals surface area contributed by atoms with E-state index in [1.807, 2.05) is 0 Å². The Morgan fingerprint density at radius 3 is 0.562 bits per heavy atom. The molecular weight excluding hydrogens is 384 g/mol. The molecule has 8 bridgehead atoms. The molecule has 0 heteroatoms. The fourth-order valence-electron chi connectivity index (χ4n) is 4.92. The molecule has 0 spiro atoms. The second kappa shape index (κ2) is 10.0. The van der Waals surface area contributed by atoms with Gasteiger partial charge in [-0.15, -0.1) is 0 Å². The summed E-state index contributed by atoms with van der Waals surface area (Å²) < 4.78 is 0. The summed E-state index contributed by atoms with van der Waals surface area (Å²) in [6, 6.07) is 36.9. The third-order valence-electron chi connectivity index (χ3n) is 6.77. The number of hydrogen-bond donors (Lipinski definition) is 0. The van der Waals surface area contributed by atoms with Gasteiger partial charge in [-0.3, -0.25) is 0 Å². The highest BCUT2D eigenvalue weighted by molar-refractivity contribution is 5.31. The second-order valence-corrected chi connectivity index (χ2v) is 9.28. The van der Waals surface area contributed by atoms with Crippen molar-refractivity contribution in [3.05, 3.63) is 142 Å². The molecule has 160 valence electrons. The second-order valence-electron chi connectivity index (χ2n) is 9.28. The zero-order valence-electron chi connectivity index (χ0n) is 18.9. The first-order valence-corrected chi connectivity index (χ1v) is 12.1. The van der Waals surface area contributed by atoms with Gasteiger partial charge in [-0.2, -0.15) is 0 Å². The van der Waals surface area contributed by atoms with Gasteiger partial charge >= 0.3 is 0 Å². The Labute approximate surface area is 193 Å². The first-order chi connectivity index (χ1) is 15.8. The lowest BCUT2D eigenvalue weighted by molar-refractivity contribution is 0.904. The summed E-state index contributed by atoms with van der Waals surface area (Å²) in [5, 5.41) is 0. The standard InChI is InChI=1S/C32H32/c1-5-25-13-15-27-7-2-9-29(22-27)17-19-31-11-4-12-32(24-31)20-18-30-10-3-8-28(23-30)16-14-26(6-1)21-25/h1-12,21-24H,13-20H2. The molecule has 5 rings (SSSR count). The van der Waals surface area contributed by atoms with Crippen molar-refractivity contribution in [1.82, 2.24) is 0 Å². The van der Waals surface area contributed by atoms with Crippen LogP contribution in [0.2, 0.25) is 0 Å². The molecule has 0 saturated carbocycles. The molecule has 0 radical (unpaired) electrons. The van der Waals surface area contributed by atoms with E-state index in [2.05, 4.69) is 97.1 Å². The maximum absolute atomic E-state index is 2.42. The van der Waals surface area contributed by atoms with E-state index in [9.17, 15) is 0 Å². The smallest absolute Gasteiger partial charge is 0.0238 e. The van der Waals surface area contributed by atoms with Crippen LogP contribution in [0, 0.1) is 0 Å². The highest BCUT2D eigenvalue weighted by Gasteiger charge is 2.05. The van der Waals surface area contributed by atoms with Gasteiger partial charge in [0.2, 0.25) is 0 Å². The summed E-state index contributed by atoms with van der Waals surface area (Å²) in [4.78, 5) is 0. The van der Waals surface area contributed by atoms with Crippen LogP contribution in [0.15, 0.2) is 97.1 Å². The largest absolute Gasteiger partial charge is 0.0617 e. The number of rotatable bonds is 0. The minimum atomic E-state index is 1.11. The van der Waals surface area contributed by atoms with E-state index in [0.717, 1.165) is 51.4 Å². The van der Waals surface area contributed by atoms with Gasteiger partial charge in [0.1, 0.15) is 0 Å². The van der Waals surface area contributed by atoms with E-state index in [1.165, 1.54) is 44.5 Å². The SMILES string of the molecule is c1cc2cc(c1)CCc1cccc(c1)CCc1cccc(c1)CCc1cccc(c1)CC2. The number of aryl methyl sites for hydroxylation is 8. The molecule has 0 saturated heterocycles. The van der Waals surface area contributed by atoms with Crippen molar-refractivity contribution < 1.29 is 0 Å². The van der Waals surface area contributed by atoms with Crippen molar-refractivity contribution in [3.63, 3.8) is 0 Å². The van der Waals surface area contributed by atoms with E-state index >= 15 is 0 Å². The topological polar surface area (TPSA) is 0 Å². The molecule has 0 aliphatic heterocycles. The van der Waals surface area contributed by atoms with Crippen molar-refractivity contribution in [2.75, 3.05) is 0 Å². The molecule has 0 heterocycles. The van der Waals surface area contributed by atoms with Crippen LogP contribution in [0.4, 0.5) is 0 Å². The molecule has 0 N–H and O–H groups in total. The zero-order valence-corrected chi connectivity index (χ0v) is 18.9. The lowest BCUT2D eigenvalue weighted by Crippen LogP contribution is -1.99. The Bertz CT molecular complexity index is 917. The first kappa shape index (κ1) is 20.8. The summed E-state index contributed by atoms with van der Waals surface area (Å²) in [5.41, 5.74) is 11.6. The van der Waals surface area contributed by atoms with Crippen LogP contribution < -0.4 is 0 Å². The van der Waals surface area contributed by atoms with Crippen LogP contribution in [0.3, 0.4) is 0 Å². The first-order valence-electron chi connectivity index (χ1n) is 12.1. The Hall–Kier alpha value is -3.12. The van der Waals surface area contributed by atoms with Crippen LogP contribution in [-0.4, -0.2) is 0 Å². The average Bonchev–Trinajstić information content (AvgIpc) is 2.84. The van der Waals surface area contributed by atoms with Crippen LogP contribution in [0.25, 0.3) is 0 Å². The van der Waals surface area contributed by atoms with Gasteiger partial charge in [0.05, 0.1) is 0 Å². The third-order valence-corrected chi connectivity index (χ3v) is 6.77. The predicted octanol–water partition coefficient (Wildman–Crippen LogP) is 7.14. The minimum absolute atomic E-state index is 1.11. The third kappa shape index (κ3) is 5.56. The molecule has 0 amide bonds. The van der Waals surface area contributed by atoms with Gasteiger partial charge in [0, 0.05) is 0 Å². The fourth-order valence-corrected chi connectivity index (χ4v) is 4.92. The van der Waals surface area contributed by atoms with Gasteiger partial charge in [-0.25, -0.2) is 0 Å². The Morgan fingerprint density at radius 1 is 0.250 bits per heavy atom. The lowest BCUT2D eigenvalue weighted by Gasteiger charge is -2.10. The highest BCUT2D eigenvalue weighted by Crippen LogP contribution is 2.17. The molecule has 1 aliphatic carbocycles. The maximum atomic E-state index is 2.42. The van der Waals surface area contributed by atoms with Crippen LogP contribution in [0.1, 0.15) is 44.5 Å². The summed E-state index contributed by atoms with van der Waals surface area (Å²) >= 11 is 0. The minimum Gasteiger partial charge on any atom is -0.0617 e. The van der Waals surface area contributed by atoms with Gasteiger partial charge in [-0.1, -0.05) is 97.1 Å². The van der Waals surface area contributed by atoms with E-state index in [4.69, 9.17) is 0 Å². The Balaban J connectivity index is 1.42. The van der Waals surface area contributed by atoms with Gasteiger partial charge in [-0.05, 0) is 95.9 Å². The maximum Gasteiger partial charge on any atom is -0.0238 e. The van der Waals surface area contributed by atoms with Gasteiger partial charge in [0.25, 0.3) is 0 Å². The highest BCUT2D eigenvalue weighted by atomic mass is 14.1. The Kier molecular flexibility index (Phi) is 6.49. The molecular formula is C32H32. The van der Waals surface area contributed by atoms with Crippen molar-refractivity contribution in [1.29, 1.82) is 0 Å². The molecule has 0 fully saturated rings. The van der Waals surface area contributed by atoms with E-state index in [-0.39, 0.29) is 0 Å².